The Morgan fingerprint density at radius 1 is 1.00 bits per heavy atom. The van der Waals surface area contributed by atoms with E-state index in [1.165, 1.54) is 0 Å². The number of hydrogen-bond acceptors (Lipinski definition) is 3. The van der Waals surface area contributed by atoms with Crippen molar-refractivity contribution in [1.82, 2.24) is 4.90 Å². The van der Waals surface area contributed by atoms with Gasteiger partial charge in [-0.1, -0.05) is 30.3 Å². The topological polar surface area (TPSA) is 46.6 Å². The molecule has 0 spiro atoms. The van der Waals surface area contributed by atoms with Crippen molar-refractivity contribution >= 4 is 11.9 Å². The second kappa shape index (κ2) is 9.97. The minimum atomic E-state index is -0.200. The SMILES string of the molecule is CCN(CC)C(=O)CCCCC(=O)OCc1ccccc1. The van der Waals surface area contributed by atoms with Crippen LogP contribution in [0.4, 0.5) is 0 Å². The predicted octanol–water partition coefficient (Wildman–Crippen LogP) is 3.16. The lowest BCUT2D eigenvalue weighted by atomic mass is 10.2. The summed E-state index contributed by atoms with van der Waals surface area (Å²) in [5, 5.41) is 0. The van der Waals surface area contributed by atoms with Crippen molar-refractivity contribution in [1.29, 1.82) is 0 Å². The molecule has 0 bridgehead atoms. The molecule has 0 radical (unpaired) electrons. The number of rotatable bonds is 9. The maximum atomic E-state index is 11.8. The molecule has 0 fully saturated rings. The van der Waals surface area contributed by atoms with Crippen LogP contribution in [0.3, 0.4) is 0 Å². The summed E-state index contributed by atoms with van der Waals surface area (Å²) in [6.45, 7) is 5.76. The third-order valence-corrected chi connectivity index (χ3v) is 3.38. The number of nitrogens with zero attached hydrogens (tertiary/aromatic N) is 1. The van der Waals surface area contributed by atoms with Gasteiger partial charge in [-0.2, -0.15) is 0 Å². The molecular weight excluding hydrogens is 266 g/mol. The lowest BCUT2D eigenvalue weighted by Crippen LogP contribution is -2.30. The number of hydrogen-bond donors (Lipinski definition) is 0. The zero-order valence-corrected chi connectivity index (χ0v) is 13.0. The van der Waals surface area contributed by atoms with Crippen LogP contribution >= 0.6 is 0 Å². The zero-order chi connectivity index (χ0) is 15.5. The van der Waals surface area contributed by atoms with Gasteiger partial charge in [-0.15, -0.1) is 0 Å². The summed E-state index contributed by atoms with van der Waals surface area (Å²) in [7, 11) is 0. The first kappa shape index (κ1) is 17.2. The first-order valence-corrected chi connectivity index (χ1v) is 7.64. The van der Waals surface area contributed by atoms with E-state index in [1.807, 2.05) is 49.1 Å². The number of unbranched alkanes of at least 4 members (excludes halogenated alkanes) is 1. The Morgan fingerprint density at radius 3 is 2.24 bits per heavy atom. The van der Waals surface area contributed by atoms with Gasteiger partial charge >= 0.3 is 5.97 Å². The van der Waals surface area contributed by atoms with Crippen LogP contribution < -0.4 is 0 Å². The van der Waals surface area contributed by atoms with Crippen LogP contribution in [0.15, 0.2) is 30.3 Å². The first-order chi connectivity index (χ1) is 10.2. The fourth-order valence-electron chi connectivity index (χ4n) is 2.09. The van der Waals surface area contributed by atoms with Crippen LogP contribution in [0.5, 0.6) is 0 Å². The minimum Gasteiger partial charge on any atom is -0.461 e. The van der Waals surface area contributed by atoms with E-state index in [-0.39, 0.29) is 11.9 Å². The van der Waals surface area contributed by atoms with Gasteiger partial charge in [0.2, 0.25) is 5.91 Å². The molecule has 4 heteroatoms. The minimum absolute atomic E-state index is 0.164. The summed E-state index contributed by atoms with van der Waals surface area (Å²) in [5.41, 5.74) is 0.988. The lowest BCUT2D eigenvalue weighted by molar-refractivity contribution is -0.145. The van der Waals surface area contributed by atoms with Crippen molar-refractivity contribution in [2.24, 2.45) is 0 Å². The summed E-state index contributed by atoms with van der Waals surface area (Å²) >= 11 is 0. The Balaban J connectivity index is 2.12. The Bertz CT molecular complexity index is 427. The smallest absolute Gasteiger partial charge is 0.306 e. The van der Waals surface area contributed by atoms with E-state index in [0.717, 1.165) is 25.1 Å². The molecule has 0 aliphatic rings. The van der Waals surface area contributed by atoms with E-state index in [0.29, 0.717) is 25.9 Å². The monoisotopic (exact) mass is 291 g/mol. The van der Waals surface area contributed by atoms with E-state index < -0.39 is 0 Å². The van der Waals surface area contributed by atoms with Gasteiger partial charge < -0.3 is 9.64 Å². The third kappa shape index (κ3) is 6.93. The summed E-state index contributed by atoms with van der Waals surface area (Å²) in [6.07, 6.45) is 2.31. The highest BCUT2D eigenvalue weighted by molar-refractivity contribution is 5.76. The molecule has 1 aromatic rings. The van der Waals surface area contributed by atoms with Crippen molar-refractivity contribution in [2.45, 2.75) is 46.1 Å². The number of esters is 1. The molecule has 4 nitrogen and oxygen atoms in total. The van der Waals surface area contributed by atoms with Gasteiger partial charge in [-0.25, -0.2) is 0 Å². The van der Waals surface area contributed by atoms with Gasteiger partial charge in [0.15, 0.2) is 0 Å². The van der Waals surface area contributed by atoms with Gasteiger partial charge in [-0.05, 0) is 32.3 Å². The highest BCUT2D eigenvalue weighted by Gasteiger charge is 2.09. The van der Waals surface area contributed by atoms with E-state index in [1.54, 1.807) is 0 Å². The first-order valence-electron chi connectivity index (χ1n) is 7.64. The van der Waals surface area contributed by atoms with Gasteiger partial charge in [0.1, 0.15) is 6.61 Å². The fourth-order valence-corrected chi connectivity index (χ4v) is 2.09. The summed E-state index contributed by atoms with van der Waals surface area (Å²) in [6, 6.07) is 9.62. The Kier molecular flexibility index (Phi) is 8.17. The summed E-state index contributed by atoms with van der Waals surface area (Å²) in [4.78, 5) is 25.2. The number of carbonyl (C=O) groups is 2. The Morgan fingerprint density at radius 2 is 1.62 bits per heavy atom. The normalized spacial score (nSPS) is 10.2. The van der Waals surface area contributed by atoms with Gasteiger partial charge in [0.05, 0.1) is 0 Å². The molecule has 0 aliphatic carbocycles. The largest absolute Gasteiger partial charge is 0.461 e. The molecule has 0 heterocycles. The second-order valence-electron chi connectivity index (χ2n) is 4.92. The maximum Gasteiger partial charge on any atom is 0.306 e. The average Bonchev–Trinajstić information content (AvgIpc) is 2.52. The van der Waals surface area contributed by atoms with Crippen LogP contribution in [-0.2, 0) is 20.9 Å². The summed E-state index contributed by atoms with van der Waals surface area (Å²) in [5.74, 6) is -0.0354. The zero-order valence-electron chi connectivity index (χ0n) is 13.0. The number of amides is 1. The van der Waals surface area contributed by atoms with Gasteiger partial charge in [0, 0.05) is 25.9 Å². The number of carbonyl (C=O) groups excluding carboxylic acids is 2. The maximum absolute atomic E-state index is 11.8. The average molecular weight is 291 g/mol. The van der Waals surface area contributed by atoms with E-state index in [4.69, 9.17) is 4.74 Å². The molecular formula is C17H25NO3. The molecule has 21 heavy (non-hydrogen) atoms. The molecule has 1 aromatic carbocycles. The molecule has 0 aromatic heterocycles. The molecule has 1 amide bonds. The Labute approximate surface area is 127 Å². The van der Waals surface area contributed by atoms with Gasteiger partial charge in [0.25, 0.3) is 0 Å². The van der Waals surface area contributed by atoms with Crippen LogP contribution in [0.1, 0.15) is 45.1 Å². The van der Waals surface area contributed by atoms with Crippen LogP contribution in [-0.4, -0.2) is 29.9 Å². The third-order valence-electron chi connectivity index (χ3n) is 3.38. The van der Waals surface area contributed by atoms with Crippen LogP contribution in [0.2, 0.25) is 0 Å². The molecule has 0 aliphatic heterocycles. The molecule has 116 valence electrons. The van der Waals surface area contributed by atoms with Crippen LogP contribution in [0.25, 0.3) is 0 Å². The van der Waals surface area contributed by atoms with E-state index >= 15 is 0 Å². The van der Waals surface area contributed by atoms with Crippen molar-refractivity contribution in [3.8, 4) is 0 Å². The number of ether oxygens (including phenoxy) is 1. The molecule has 0 N–H and O–H groups in total. The van der Waals surface area contributed by atoms with Crippen molar-refractivity contribution in [3.05, 3.63) is 35.9 Å². The van der Waals surface area contributed by atoms with Crippen molar-refractivity contribution in [2.75, 3.05) is 13.1 Å². The predicted molar refractivity (Wildman–Crippen MR) is 82.6 cm³/mol. The molecule has 0 atom stereocenters. The number of benzene rings is 1. The molecule has 0 saturated heterocycles. The van der Waals surface area contributed by atoms with Gasteiger partial charge in [-0.3, -0.25) is 9.59 Å². The second-order valence-corrected chi connectivity index (χ2v) is 4.92. The van der Waals surface area contributed by atoms with Crippen molar-refractivity contribution in [3.63, 3.8) is 0 Å². The lowest BCUT2D eigenvalue weighted by Gasteiger charge is -2.18. The highest BCUT2D eigenvalue weighted by Crippen LogP contribution is 2.06. The molecule has 0 saturated carbocycles. The molecule has 1 rings (SSSR count). The molecule has 0 unspecified atom stereocenters. The van der Waals surface area contributed by atoms with Crippen LogP contribution in [0, 0.1) is 0 Å². The van der Waals surface area contributed by atoms with E-state index in [9.17, 15) is 9.59 Å². The Hall–Kier alpha value is -1.84. The summed E-state index contributed by atoms with van der Waals surface area (Å²) < 4.78 is 5.19. The highest BCUT2D eigenvalue weighted by atomic mass is 16.5. The fraction of sp³-hybridized carbons (Fsp3) is 0.529. The quantitative estimate of drug-likeness (QED) is 0.518. The van der Waals surface area contributed by atoms with Crippen molar-refractivity contribution < 1.29 is 14.3 Å². The van der Waals surface area contributed by atoms with E-state index in [2.05, 4.69) is 0 Å². The standard InChI is InChI=1S/C17H25NO3/c1-3-18(4-2)16(19)12-8-9-13-17(20)21-14-15-10-6-5-7-11-15/h5-7,10-11H,3-4,8-9,12-14H2,1-2H3.